The molecule has 0 saturated carbocycles. The molecule has 168 valence electrons. The molecule has 6 rings (SSSR count). The van der Waals surface area contributed by atoms with Gasteiger partial charge in [-0.05, 0) is 52.6 Å². The molecule has 4 heteroatoms. The Hall–Kier alpha value is -3.73. The van der Waals surface area contributed by atoms with Gasteiger partial charge in [0.2, 0.25) is 0 Å². The van der Waals surface area contributed by atoms with Crippen LogP contribution in [0.2, 0.25) is 0 Å². The van der Waals surface area contributed by atoms with Gasteiger partial charge in [0.25, 0.3) is 0 Å². The molecule has 4 nitrogen and oxygen atoms in total. The summed E-state index contributed by atoms with van der Waals surface area (Å²) in [6, 6.07) is 30.1. The van der Waals surface area contributed by atoms with Crippen molar-refractivity contribution < 1.29 is 4.74 Å². The van der Waals surface area contributed by atoms with Crippen LogP contribution in [-0.4, -0.2) is 41.2 Å². The van der Waals surface area contributed by atoms with Crippen LogP contribution in [-0.2, 0) is 11.3 Å². The second kappa shape index (κ2) is 9.26. The normalized spacial score (nSPS) is 14.9. The molecule has 3 aromatic carbocycles. The van der Waals surface area contributed by atoms with Crippen LogP contribution in [0.5, 0.6) is 0 Å². The number of nitrogens with zero attached hydrogens (tertiary/aromatic N) is 2. The van der Waals surface area contributed by atoms with Gasteiger partial charge in [0.15, 0.2) is 0 Å². The zero-order valence-electron chi connectivity index (χ0n) is 19.1. The van der Waals surface area contributed by atoms with Crippen LogP contribution in [0.15, 0.2) is 84.9 Å². The van der Waals surface area contributed by atoms with Gasteiger partial charge in [0.1, 0.15) is 5.65 Å². The molecule has 1 saturated heterocycles. The van der Waals surface area contributed by atoms with E-state index in [1.165, 1.54) is 27.6 Å². The number of benzene rings is 3. The number of rotatable bonds is 5. The highest BCUT2D eigenvalue weighted by molar-refractivity contribution is 6.07. The maximum Gasteiger partial charge on any atom is 0.139 e. The summed E-state index contributed by atoms with van der Waals surface area (Å²) >= 11 is 0. The molecule has 0 radical (unpaired) electrons. The van der Waals surface area contributed by atoms with Crippen molar-refractivity contribution in [2.45, 2.75) is 6.54 Å². The molecule has 0 aliphatic carbocycles. The van der Waals surface area contributed by atoms with E-state index in [0.29, 0.717) is 0 Å². The molecular weight excluding hydrogens is 418 g/mol. The quantitative estimate of drug-likeness (QED) is 0.341. The van der Waals surface area contributed by atoms with Gasteiger partial charge in [-0.2, -0.15) is 0 Å². The largest absolute Gasteiger partial charge is 0.379 e. The van der Waals surface area contributed by atoms with E-state index in [-0.39, 0.29) is 0 Å². The fourth-order valence-corrected chi connectivity index (χ4v) is 4.63. The third-order valence-corrected chi connectivity index (χ3v) is 6.52. The number of hydrogen-bond donors (Lipinski definition) is 1. The van der Waals surface area contributed by atoms with Gasteiger partial charge >= 0.3 is 0 Å². The summed E-state index contributed by atoms with van der Waals surface area (Å²) < 4.78 is 5.46. The Kier molecular flexibility index (Phi) is 5.68. The summed E-state index contributed by atoms with van der Waals surface area (Å²) in [7, 11) is 0. The van der Waals surface area contributed by atoms with Crippen molar-refractivity contribution in [3.05, 3.63) is 102 Å². The highest BCUT2D eigenvalue weighted by Gasteiger charge is 2.11. The molecule has 3 heterocycles. The van der Waals surface area contributed by atoms with Crippen LogP contribution < -0.4 is 0 Å². The van der Waals surface area contributed by atoms with Crippen LogP contribution in [0.3, 0.4) is 0 Å². The molecular formula is C30H27N3O. The summed E-state index contributed by atoms with van der Waals surface area (Å²) in [5, 5.41) is 2.36. The second-order valence-corrected chi connectivity index (χ2v) is 8.85. The fraction of sp³-hybridized carbons (Fsp3) is 0.167. The van der Waals surface area contributed by atoms with Gasteiger partial charge in [-0.1, -0.05) is 66.7 Å². The third-order valence-electron chi connectivity index (χ3n) is 6.52. The predicted molar refractivity (Wildman–Crippen MR) is 141 cm³/mol. The smallest absolute Gasteiger partial charge is 0.139 e. The summed E-state index contributed by atoms with van der Waals surface area (Å²) in [5.74, 6) is 0. The van der Waals surface area contributed by atoms with Crippen LogP contribution in [0, 0.1) is 0 Å². The minimum Gasteiger partial charge on any atom is -0.379 e. The van der Waals surface area contributed by atoms with Crippen LogP contribution >= 0.6 is 0 Å². The maximum absolute atomic E-state index is 5.46. The Labute approximate surface area is 199 Å². The Morgan fingerprint density at radius 3 is 2.41 bits per heavy atom. The number of aromatic nitrogens is 2. The Morgan fingerprint density at radius 1 is 0.794 bits per heavy atom. The van der Waals surface area contributed by atoms with Gasteiger partial charge < -0.3 is 9.72 Å². The van der Waals surface area contributed by atoms with Crippen molar-refractivity contribution in [1.82, 2.24) is 14.9 Å². The van der Waals surface area contributed by atoms with E-state index in [1.807, 2.05) is 18.2 Å². The number of pyridine rings is 1. The van der Waals surface area contributed by atoms with E-state index in [0.717, 1.165) is 55.1 Å². The first-order chi connectivity index (χ1) is 16.8. The van der Waals surface area contributed by atoms with Crippen LogP contribution in [0.25, 0.3) is 45.2 Å². The Morgan fingerprint density at radius 2 is 1.59 bits per heavy atom. The average Bonchev–Trinajstić information content (AvgIpc) is 3.26. The van der Waals surface area contributed by atoms with Crippen LogP contribution in [0.4, 0.5) is 0 Å². The van der Waals surface area contributed by atoms with Crippen molar-refractivity contribution in [3.63, 3.8) is 0 Å². The lowest BCUT2D eigenvalue weighted by molar-refractivity contribution is 0.0342. The van der Waals surface area contributed by atoms with Crippen molar-refractivity contribution in [3.8, 4) is 11.1 Å². The number of aromatic amines is 1. The van der Waals surface area contributed by atoms with Gasteiger partial charge in [0, 0.05) is 35.9 Å². The molecule has 1 aliphatic heterocycles. The number of ether oxygens (including phenoxy) is 1. The highest BCUT2D eigenvalue weighted by Crippen LogP contribution is 2.30. The summed E-state index contributed by atoms with van der Waals surface area (Å²) in [5.41, 5.74) is 7.94. The third kappa shape index (κ3) is 4.38. The minimum atomic E-state index is 0.836. The SMILES string of the molecule is C(=C\c1ccc2c(n1)[nH]c1ccc(-c3ccc(CN4CCOCC4)cc3)cc12)/c1ccccc1. The lowest BCUT2D eigenvalue weighted by atomic mass is 10.0. The summed E-state index contributed by atoms with van der Waals surface area (Å²) in [6.45, 7) is 4.68. The Balaban J connectivity index is 1.25. The number of H-pyrrole nitrogens is 1. The number of hydrogen-bond acceptors (Lipinski definition) is 3. The minimum absolute atomic E-state index is 0.836. The molecule has 0 spiro atoms. The topological polar surface area (TPSA) is 41.2 Å². The zero-order chi connectivity index (χ0) is 22.7. The van der Waals surface area contributed by atoms with E-state index >= 15 is 0 Å². The lowest BCUT2D eigenvalue weighted by Gasteiger charge is -2.26. The van der Waals surface area contributed by atoms with Gasteiger partial charge in [-0.25, -0.2) is 4.98 Å². The molecule has 1 aliphatic rings. The molecule has 0 bridgehead atoms. The number of fused-ring (bicyclic) bond motifs is 3. The second-order valence-electron chi connectivity index (χ2n) is 8.85. The highest BCUT2D eigenvalue weighted by atomic mass is 16.5. The van der Waals surface area contributed by atoms with Gasteiger partial charge in [-0.15, -0.1) is 0 Å². The molecule has 1 fully saturated rings. The summed E-state index contributed by atoms with van der Waals surface area (Å²) in [6.07, 6.45) is 4.15. The van der Waals surface area contributed by atoms with E-state index < -0.39 is 0 Å². The standard InChI is InChI=1S/C30H27N3O/c1-2-4-22(5-3-1)8-12-26-13-14-27-28-20-25(11-15-29(28)32-30(27)31-26)24-9-6-23(7-10-24)21-33-16-18-34-19-17-33/h1-15,20H,16-19,21H2,(H,31,32)/b12-8+. The zero-order valence-corrected chi connectivity index (χ0v) is 19.1. The molecule has 1 N–H and O–H groups in total. The monoisotopic (exact) mass is 445 g/mol. The average molecular weight is 446 g/mol. The first kappa shape index (κ1) is 20.8. The lowest BCUT2D eigenvalue weighted by Crippen LogP contribution is -2.35. The van der Waals surface area contributed by atoms with Crippen molar-refractivity contribution in [1.29, 1.82) is 0 Å². The van der Waals surface area contributed by atoms with Gasteiger partial charge in [-0.3, -0.25) is 4.90 Å². The van der Waals surface area contributed by atoms with Crippen LogP contribution in [0.1, 0.15) is 16.8 Å². The fourth-order valence-electron chi connectivity index (χ4n) is 4.63. The van der Waals surface area contributed by atoms with Crippen molar-refractivity contribution in [2.75, 3.05) is 26.3 Å². The number of morpholine rings is 1. The summed E-state index contributed by atoms with van der Waals surface area (Å²) in [4.78, 5) is 10.8. The van der Waals surface area contributed by atoms with E-state index in [4.69, 9.17) is 9.72 Å². The number of nitrogens with one attached hydrogen (secondary N) is 1. The molecule has 0 atom stereocenters. The van der Waals surface area contributed by atoms with Crippen molar-refractivity contribution >= 4 is 34.1 Å². The first-order valence-electron chi connectivity index (χ1n) is 11.9. The molecule has 5 aromatic rings. The molecule has 0 amide bonds. The first-order valence-corrected chi connectivity index (χ1v) is 11.9. The van der Waals surface area contributed by atoms with Crippen molar-refractivity contribution in [2.24, 2.45) is 0 Å². The Bertz CT molecular complexity index is 1450. The predicted octanol–water partition coefficient (Wildman–Crippen LogP) is 6.39. The van der Waals surface area contributed by atoms with E-state index in [9.17, 15) is 0 Å². The van der Waals surface area contributed by atoms with Gasteiger partial charge in [0.05, 0.1) is 18.9 Å². The maximum atomic E-state index is 5.46. The van der Waals surface area contributed by atoms with E-state index in [2.05, 4.69) is 88.8 Å². The molecule has 34 heavy (non-hydrogen) atoms. The molecule has 0 unspecified atom stereocenters. The van der Waals surface area contributed by atoms with E-state index in [1.54, 1.807) is 0 Å². The molecule has 2 aromatic heterocycles.